The molecule has 10 heteroatoms. The van der Waals surface area contributed by atoms with Gasteiger partial charge in [0.2, 0.25) is 10.0 Å². The van der Waals surface area contributed by atoms with E-state index in [2.05, 4.69) is 4.72 Å². The van der Waals surface area contributed by atoms with Gasteiger partial charge in [0.05, 0.1) is 34.9 Å². The molecule has 4 N–H and O–H groups in total. The normalized spacial score (nSPS) is 14.9. The molecule has 0 amide bonds. The third-order valence-corrected chi connectivity index (χ3v) is 8.65. The van der Waals surface area contributed by atoms with E-state index in [1.54, 1.807) is 30.3 Å². The zero-order chi connectivity index (χ0) is 29.9. The minimum absolute atomic E-state index is 0.0789. The number of nitrogens with zero attached hydrogens (tertiary/aromatic N) is 1. The summed E-state index contributed by atoms with van der Waals surface area (Å²) in [5.74, 6) is -1.62. The van der Waals surface area contributed by atoms with Crippen LogP contribution < -0.4 is 4.72 Å². The van der Waals surface area contributed by atoms with Crippen molar-refractivity contribution in [2.75, 3.05) is 7.05 Å². The molecule has 0 saturated carbocycles. The first-order valence-corrected chi connectivity index (χ1v) is 15.0. The number of hydrogen-bond acceptors (Lipinski definition) is 6. The van der Waals surface area contributed by atoms with Crippen LogP contribution in [-0.2, 0) is 27.7 Å². The van der Waals surface area contributed by atoms with Crippen LogP contribution in [0.2, 0.25) is 0 Å². The quantitative estimate of drug-likeness (QED) is 0.273. The summed E-state index contributed by atoms with van der Waals surface area (Å²) in [6.45, 7) is 3.96. The Morgan fingerprint density at radius 1 is 1.12 bits per heavy atom. The van der Waals surface area contributed by atoms with Crippen LogP contribution in [-0.4, -0.2) is 53.9 Å². The Labute approximate surface area is 239 Å². The van der Waals surface area contributed by atoms with Gasteiger partial charge in [-0.25, -0.2) is 17.5 Å². The molecule has 218 valence electrons. The van der Waals surface area contributed by atoms with Gasteiger partial charge in [0.15, 0.2) is 0 Å². The molecule has 1 aliphatic carbocycles. The van der Waals surface area contributed by atoms with Crippen molar-refractivity contribution < 1.29 is 32.9 Å². The average molecular weight is 583 g/mol. The number of hydrogen-bond donors (Lipinski definition) is 4. The van der Waals surface area contributed by atoms with Crippen LogP contribution >= 0.6 is 0 Å². The Kier molecular flexibility index (Phi) is 9.38. The van der Waals surface area contributed by atoms with Gasteiger partial charge in [-0.1, -0.05) is 44.2 Å². The second-order valence-electron chi connectivity index (χ2n) is 10.6. The number of halogens is 1. The number of rotatable bonds is 10. The van der Waals surface area contributed by atoms with Crippen molar-refractivity contribution in [3.05, 3.63) is 76.7 Å². The van der Waals surface area contributed by atoms with E-state index in [-0.39, 0.29) is 23.1 Å². The molecule has 0 spiro atoms. The highest BCUT2D eigenvalue weighted by Crippen LogP contribution is 2.42. The number of aliphatic hydroxyl groups excluding tert-OH is 2. The zero-order valence-corrected chi connectivity index (χ0v) is 24.1. The smallest absolute Gasteiger partial charge is 0.305 e. The van der Waals surface area contributed by atoms with Crippen molar-refractivity contribution in [2.45, 2.75) is 69.0 Å². The van der Waals surface area contributed by atoms with E-state index >= 15 is 0 Å². The Morgan fingerprint density at radius 2 is 1.83 bits per heavy atom. The minimum Gasteiger partial charge on any atom is -0.481 e. The van der Waals surface area contributed by atoms with Gasteiger partial charge in [-0.2, -0.15) is 0 Å². The van der Waals surface area contributed by atoms with E-state index in [9.17, 15) is 27.8 Å². The van der Waals surface area contributed by atoms with E-state index in [1.807, 2.05) is 19.9 Å². The van der Waals surface area contributed by atoms with E-state index in [1.165, 1.54) is 25.3 Å². The van der Waals surface area contributed by atoms with Crippen LogP contribution in [0.25, 0.3) is 28.5 Å². The average Bonchev–Trinajstić information content (AvgIpc) is 3.09. The maximum absolute atomic E-state index is 14.0. The summed E-state index contributed by atoms with van der Waals surface area (Å²) in [4.78, 5) is 16.2. The number of fused-ring (bicyclic) bond motifs is 3. The maximum atomic E-state index is 14.0. The molecular formula is C31H35FN2O6S. The van der Waals surface area contributed by atoms with E-state index < -0.39 is 34.6 Å². The minimum atomic E-state index is -3.70. The predicted molar refractivity (Wildman–Crippen MR) is 155 cm³/mol. The molecule has 1 aromatic heterocycles. The second-order valence-corrected chi connectivity index (χ2v) is 12.5. The number of aromatic nitrogens is 1. The highest BCUT2D eigenvalue weighted by molar-refractivity contribution is 7.89. The summed E-state index contributed by atoms with van der Waals surface area (Å²) in [7, 11) is -2.33. The topological polar surface area (TPSA) is 137 Å². The molecule has 0 unspecified atom stereocenters. The molecule has 0 bridgehead atoms. The van der Waals surface area contributed by atoms with Crippen LogP contribution in [0.15, 0.2) is 53.4 Å². The predicted octanol–water partition coefficient (Wildman–Crippen LogP) is 4.67. The Morgan fingerprint density at radius 3 is 2.46 bits per heavy atom. The van der Waals surface area contributed by atoms with E-state index in [0.717, 1.165) is 46.2 Å². The molecule has 0 fully saturated rings. The highest BCUT2D eigenvalue weighted by atomic mass is 32.2. The molecule has 8 nitrogen and oxygen atoms in total. The lowest BCUT2D eigenvalue weighted by molar-refractivity contribution is -0.139. The number of sulfonamides is 1. The highest BCUT2D eigenvalue weighted by Gasteiger charge is 2.27. The molecular weight excluding hydrogens is 547 g/mol. The van der Waals surface area contributed by atoms with Crippen LogP contribution in [0.4, 0.5) is 4.39 Å². The summed E-state index contributed by atoms with van der Waals surface area (Å²) in [5.41, 5.74) is 6.25. The second kappa shape index (κ2) is 12.6. The standard InChI is InChI=1S/C31H35FN2O6S/c1-18(2)30-26(14-12-22(35)15-23(36)16-28(37)38)29(20-7-10-21(32)11-8-20)25-6-4-5-19-9-13-24(41(39,40)33-3)17-27(19)31(25)34-30/h7-14,17-18,22-23,33,35-36H,4-6,15-16H2,1-3H3,(H,37,38)/t22-,23-/m1/s1. The van der Waals surface area contributed by atoms with E-state index in [4.69, 9.17) is 10.1 Å². The molecule has 0 aliphatic heterocycles. The molecule has 4 rings (SSSR count). The fourth-order valence-corrected chi connectivity index (χ4v) is 6.02. The van der Waals surface area contributed by atoms with Gasteiger partial charge in [-0.3, -0.25) is 9.78 Å². The summed E-state index contributed by atoms with van der Waals surface area (Å²) < 4.78 is 41.7. The lowest BCUT2D eigenvalue weighted by atomic mass is 9.86. The monoisotopic (exact) mass is 582 g/mol. The number of nitrogens with one attached hydrogen (secondary N) is 1. The number of pyridine rings is 1. The van der Waals surface area contributed by atoms with Crippen molar-refractivity contribution >= 4 is 22.1 Å². The van der Waals surface area contributed by atoms with Gasteiger partial charge in [-0.05, 0) is 78.7 Å². The first-order valence-electron chi connectivity index (χ1n) is 13.6. The van der Waals surface area contributed by atoms with Crippen molar-refractivity contribution in [3.8, 4) is 22.4 Å². The largest absolute Gasteiger partial charge is 0.481 e. The Balaban J connectivity index is 1.96. The molecule has 2 aromatic carbocycles. The molecule has 41 heavy (non-hydrogen) atoms. The number of benzene rings is 2. The molecule has 2 atom stereocenters. The van der Waals surface area contributed by atoms with Crippen molar-refractivity contribution in [2.24, 2.45) is 0 Å². The summed E-state index contributed by atoms with van der Waals surface area (Å²) >= 11 is 0. The number of carbonyl (C=O) groups is 1. The van der Waals surface area contributed by atoms with Gasteiger partial charge in [0.1, 0.15) is 5.82 Å². The number of carboxylic acid groups (broad SMARTS) is 1. The third-order valence-electron chi connectivity index (χ3n) is 7.24. The van der Waals surface area contributed by atoms with Crippen molar-refractivity contribution in [1.29, 1.82) is 0 Å². The summed E-state index contributed by atoms with van der Waals surface area (Å²) in [5, 5.41) is 29.5. The van der Waals surface area contributed by atoms with Gasteiger partial charge in [0.25, 0.3) is 0 Å². The van der Waals surface area contributed by atoms with Gasteiger partial charge in [0, 0.05) is 17.5 Å². The molecule has 1 heterocycles. The van der Waals surface area contributed by atoms with Crippen LogP contribution in [0, 0.1) is 5.82 Å². The van der Waals surface area contributed by atoms with Gasteiger partial charge < -0.3 is 15.3 Å². The van der Waals surface area contributed by atoms with Crippen molar-refractivity contribution in [3.63, 3.8) is 0 Å². The maximum Gasteiger partial charge on any atom is 0.305 e. The molecule has 0 saturated heterocycles. The number of aliphatic hydroxyl groups is 2. The molecule has 1 aliphatic rings. The van der Waals surface area contributed by atoms with Crippen LogP contribution in [0.1, 0.15) is 61.4 Å². The SMILES string of the molecule is CNS(=O)(=O)c1ccc2c(c1)-c1nc(C(C)C)c(C=C[C@@H](O)C[C@@H](O)CC(=O)O)c(-c3ccc(F)cc3)c1CCC2. The lowest BCUT2D eigenvalue weighted by Crippen LogP contribution is -2.19. The van der Waals surface area contributed by atoms with E-state index in [0.29, 0.717) is 17.8 Å². The zero-order valence-electron chi connectivity index (χ0n) is 23.3. The van der Waals surface area contributed by atoms with Crippen LogP contribution in [0.3, 0.4) is 0 Å². The van der Waals surface area contributed by atoms with Crippen LogP contribution in [0.5, 0.6) is 0 Å². The summed E-state index contributed by atoms with van der Waals surface area (Å²) in [6, 6.07) is 11.2. The third kappa shape index (κ3) is 6.90. The molecule has 3 aromatic rings. The lowest BCUT2D eigenvalue weighted by Gasteiger charge is -2.22. The first kappa shape index (κ1) is 30.5. The Bertz CT molecular complexity index is 1570. The first-order chi connectivity index (χ1) is 19.4. The number of aliphatic carboxylic acids is 1. The molecule has 0 radical (unpaired) electrons. The Hall–Kier alpha value is -3.44. The van der Waals surface area contributed by atoms with Gasteiger partial charge >= 0.3 is 5.97 Å². The van der Waals surface area contributed by atoms with Gasteiger partial charge in [-0.15, -0.1) is 0 Å². The fraction of sp³-hybridized carbons (Fsp3) is 0.355. The van der Waals surface area contributed by atoms with Crippen molar-refractivity contribution in [1.82, 2.24) is 9.71 Å². The summed E-state index contributed by atoms with van der Waals surface area (Å²) in [6.07, 6.45) is 2.42. The number of carboxylic acids is 1. The fourth-order valence-electron chi connectivity index (χ4n) is 5.26. The number of aryl methyl sites for hydroxylation is 1.